The summed E-state index contributed by atoms with van der Waals surface area (Å²) in [6.45, 7) is 2.42. The van der Waals surface area contributed by atoms with Crippen molar-refractivity contribution in [1.82, 2.24) is 0 Å². The Hall–Kier alpha value is 1.05. The van der Waals surface area contributed by atoms with Crippen molar-refractivity contribution >= 4 is 0 Å². The number of hydrogen-bond donors (Lipinski definition) is 0. The van der Waals surface area contributed by atoms with Gasteiger partial charge in [-0.2, -0.15) is 12.8 Å². The summed E-state index contributed by atoms with van der Waals surface area (Å²) in [6.07, 6.45) is 14.4. The molecular weight excluding hydrogens is 394 g/mol. The summed E-state index contributed by atoms with van der Waals surface area (Å²) in [5.41, 5.74) is 0. The van der Waals surface area contributed by atoms with Crippen LogP contribution in [0.25, 0.3) is 0 Å². The van der Waals surface area contributed by atoms with E-state index in [-0.39, 0.29) is 31.1 Å². The fourth-order valence-electron chi connectivity index (χ4n) is 3.18. The van der Waals surface area contributed by atoms with Crippen LogP contribution in [-0.4, -0.2) is 0 Å². The van der Waals surface area contributed by atoms with Crippen LogP contribution in [-0.2, 0) is 0 Å². The van der Waals surface area contributed by atoms with Crippen molar-refractivity contribution in [2.45, 2.75) is 58.3 Å². The van der Waals surface area contributed by atoms with E-state index in [0.717, 1.165) is 17.8 Å². The largest absolute Gasteiger partial charge is 0.328 e. The van der Waals surface area contributed by atoms with Crippen molar-refractivity contribution in [1.29, 1.82) is 0 Å². The molecule has 0 N–H and O–H groups in total. The average molecular weight is 417 g/mol. The van der Waals surface area contributed by atoms with E-state index in [1.54, 1.807) is 0 Å². The smallest absolute Gasteiger partial charge is 0 e. The maximum Gasteiger partial charge on any atom is 0 e. The minimum atomic E-state index is 0. The molecule has 0 aromatic rings. The summed E-state index contributed by atoms with van der Waals surface area (Å²) in [5, 5.41) is 0. The van der Waals surface area contributed by atoms with Gasteiger partial charge >= 0.3 is 0 Å². The molecule has 0 saturated heterocycles. The molecule has 0 aliphatic heterocycles. The first-order valence-electron chi connectivity index (χ1n) is 6.18. The van der Waals surface area contributed by atoms with Gasteiger partial charge in [-0.05, 0) is 30.6 Å². The molecule has 0 nitrogen and oxygen atoms in total. The van der Waals surface area contributed by atoms with Crippen molar-refractivity contribution < 1.29 is 31.1 Å². The molecule has 80 valence electrons. The van der Waals surface area contributed by atoms with Gasteiger partial charge in [-0.25, -0.2) is 0 Å². The Morgan fingerprint density at radius 1 is 0.786 bits per heavy atom. The fourth-order valence-corrected chi connectivity index (χ4v) is 3.18. The van der Waals surface area contributed by atoms with E-state index in [1.165, 1.54) is 51.4 Å². The predicted octanol–water partition coefficient (Wildman–Crippen LogP) is 4.21. The van der Waals surface area contributed by atoms with E-state index in [4.69, 9.17) is 0 Å². The Labute approximate surface area is 113 Å². The van der Waals surface area contributed by atoms with Gasteiger partial charge < -0.3 is 6.42 Å². The maximum atomic E-state index is 2.49. The number of rotatable bonds is 1. The molecule has 2 aliphatic rings. The standard InChI is InChI=1S/C13H23.U/c1-11-7-9-13(10-8-11)12-5-3-2-4-6-12;/h2,11-13H,3-10H2,1H3;/q-1;. The van der Waals surface area contributed by atoms with Crippen LogP contribution in [0.5, 0.6) is 0 Å². The normalized spacial score (nSPS) is 34.9. The van der Waals surface area contributed by atoms with Crippen molar-refractivity contribution in [3.05, 3.63) is 6.42 Å². The summed E-state index contributed by atoms with van der Waals surface area (Å²) < 4.78 is 0. The van der Waals surface area contributed by atoms with Gasteiger partial charge in [-0.1, -0.05) is 32.6 Å². The van der Waals surface area contributed by atoms with Crippen LogP contribution in [0.2, 0.25) is 0 Å². The Bertz CT molecular complexity index is 141. The quantitative estimate of drug-likeness (QED) is 0.561. The molecule has 14 heavy (non-hydrogen) atoms. The molecular formula is C13H23U-. The zero-order valence-electron chi connectivity index (χ0n) is 9.47. The molecule has 2 fully saturated rings. The van der Waals surface area contributed by atoms with Crippen LogP contribution >= 0.6 is 0 Å². The van der Waals surface area contributed by atoms with E-state index >= 15 is 0 Å². The zero-order chi connectivity index (χ0) is 9.10. The van der Waals surface area contributed by atoms with Gasteiger partial charge in [0.2, 0.25) is 0 Å². The van der Waals surface area contributed by atoms with E-state index in [2.05, 4.69) is 13.3 Å². The molecule has 2 aliphatic carbocycles. The van der Waals surface area contributed by atoms with Crippen LogP contribution < -0.4 is 0 Å². The molecule has 0 aromatic heterocycles. The minimum Gasteiger partial charge on any atom is -0.328 e. The van der Waals surface area contributed by atoms with E-state index in [9.17, 15) is 0 Å². The van der Waals surface area contributed by atoms with Crippen molar-refractivity contribution in [3.8, 4) is 0 Å². The molecule has 2 rings (SSSR count). The van der Waals surface area contributed by atoms with Crippen molar-refractivity contribution in [2.75, 3.05) is 0 Å². The van der Waals surface area contributed by atoms with Crippen LogP contribution in [0.1, 0.15) is 58.3 Å². The number of hydrogen-bond acceptors (Lipinski definition) is 0. The SMILES string of the molecule is CC1CCC(C2CC[CH-]CC2)CC1.[U]. The zero-order valence-corrected chi connectivity index (χ0v) is 13.6. The molecule has 0 heterocycles. The van der Waals surface area contributed by atoms with Crippen LogP contribution in [0, 0.1) is 55.3 Å². The molecule has 0 atom stereocenters. The maximum absolute atomic E-state index is 2.49. The van der Waals surface area contributed by atoms with Crippen LogP contribution in [0.15, 0.2) is 0 Å². The third-order valence-corrected chi connectivity index (χ3v) is 4.21. The summed E-state index contributed by atoms with van der Waals surface area (Å²) in [4.78, 5) is 0. The molecule has 0 radical (unpaired) electrons. The third kappa shape index (κ3) is 3.57. The molecule has 0 aromatic carbocycles. The second-order valence-corrected chi connectivity index (χ2v) is 5.22. The molecule has 0 bridgehead atoms. The monoisotopic (exact) mass is 417 g/mol. The molecule has 0 unspecified atom stereocenters. The first-order valence-corrected chi connectivity index (χ1v) is 6.18. The predicted molar refractivity (Wildman–Crippen MR) is 57.4 cm³/mol. The molecule has 2 saturated carbocycles. The van der Waals surface area contributed by atoms with E-state index in [1.807, 2.05) is 0 Å². The fraction of sp³-hybridized carbons (Fsp3) is 0.923. The minimum absolute atomic E-state index is 0. The Morgan fingerprint density at radius 3 is 1.86 bits per heavy atom. The van der Waals surface area contributed by atoms with Gasteiger partial charge in [-0.15, -0.1) is 0 Å². The van der Waals surface area contributed by atoms with E-state index < -0.39 is 0 Å². The molecule has 0 spiro atoms. The second-order valence-electron chi connectivity index (χ2n) is 5.22. The summed E-state index contributed by atoms with van der Waals surface area (Å²) >= 11 is 0. The van der Waals surface area contributed by atoms with Gasteiger partial charge in [0, 0.05) is 31.1 Å². The van der Waals surface area contributed by atoms with Crippen LogP contribution in [0.4, 0.5) is 0 Å². The van der Waals surface area contributed by atoms with Gasteiger partial charge in [0.15, 0.2) is 0 Å². The Balaban J connectivity index is 0.000000980. The Kier molecular flexibility index (Phi) is 6.18. The summed E-state index contributed by atoms with van der Waals surface area (Å²) in [6, 6.07) is 0. The van der Waals surface area contributed by atoms with Crippen LogP contribution in [0.3, 0.4) is 0 Å². The second kappa shape index (κ2) is 6.59. The average Bonchev–Trinajstić information content (AvgIpc) is 2.20. The van der Waals surface area contributed by atoms with Gasteiger partial charge in [0.05, 0.1) is 0 Å². The molecule has 1 heteroatoms. The van der Waals surface area contributed by atoms with E-state index in [0.29, 0.717) is 0 Å². The Morgan fingerprint density at radius 2 is 1.29 bits per heavy atom. The van der Waals surface area contributed by atoms with Crippen molar-refractivity contribution in [2.24, 2.45) is 17.8 Å². The van der Waals surface area contributed by atoms with Gasteiger partial charge in [-0.3, -0.25) is 0 Å². The first-order chi connectivity index (χ1) is 6.36. The topological polar surface area (TPSA) is 0 Å². The summed E-state index contributed by atoms with van der Waals surface area (Å²) in [7, 11) is 0. The van der Waals surface area contributed by atoms with Crippen molar-refractivity contribution in [3.63, 3.8) is 0 Å². The van der Waals surface area contributed by atoms with Gasteiger partial charge in [0.25, 0.3) is 0 Å². The first kappa shape index (κ1) is 13.1. The van der Waals surface area contributed by atoms with Gasteiger partial charge in [0.1, 0.15) is 0 Å². The third-order valence-electron chi connectivity index (χ3n) is 4.21. The molecule has 0 amide bonds. The summed E-state index contributed by atoms with van der Waals surface area (Å²) in [5.74, 6) is 3.22.